The Morgan fingerprint density at radius 1 is 1.38 bits per heavy atom. The van der Waals surface area contributed by atoms with Crippen molar-refractivity contribution in [3.05, 3.63) is 72.4 Å². The summed E-state index contributed by atoms with van der Waals surface area (Å²) in [6, 6.07) is 7.79. The predicted molar refractivity (Wildman–Crippen MR) is 94.0 cm³/mol. The van der Waals surface area contributed by atoms with Gasteiger partial charge in [-0.15, -0.1) is 6.58 Å². The molecule has 0 bridgehead atoms. The Balaban J connectivity index is 1.83. The molecule has 0 aromatic heterocycles. The Bertz CT molecular complexity index is 662. The molecule has 4 heteroatoms. The highest BCUT2D eigenvalue weighted by Crippen LogP contribution is 2.36. The molecule has 0 radical (unpaired) electrons. The van der Waals surface area contributed by atoms with Gasteiger partial charge in [0.2, 0.25) is 0 Å². The highest BCUT2D eigenvalue weighted by Gasteiger charge is 2.44. The molecule has 2 aliphatic rings. The standard InChI is InChI=1S/C20H23NO3/c1-2-12-24-20(13-18(19(22)23)21-14-20)17-10-8-16(9-11-17)15-6-4-3-5-7-15/h2-6,8-11,15,18,21H,1,7,12-14H2,(H,22,23)/t15?,18-,20-/m0/s1. The second-order valence-electron chi connectivity index (χ2n) is 6.35. The molecule has 1 heterocycles. The minimum atomic E-state index is -0.838. The van der Waals surface area contributed by atoms with E-state index in [0.29, 0.717) is 25.5 Å². The summed E-state index contributed by atoms with van der Waals surface area (Å²) in [5, 5.41) is 12.3. The quantitative estimate of drug-likeness (QED) is 0.789. The highest BCUT2D eigenvalue weighted by molar-refractivity contribution is 5.74. The van der Waals surface area contributed by atoms with Gasteiger partial charge in [0.05, 0.1) is 6.61 Å². The number of hydrogen-bond acceptors (Lipinski definition) is 3. The summed E-state index contributed by atoms with van der Waals surface area (Å²) >= 11 is 0. The molecular weight excluding hydrogens is 302 g/mol. The van der Waals surface area contributed by atoms with Crippen molar-refractivity contribution in [2.24, 2.45) is 0 Å². The molecule has 24 heavy (non-hydrogen) atoms. The second kappa shape index (κ2) is 7.16. The summed E-state index contributed by atoms with van der Waals surface area (Å²) in [6.45, 7) is 4.58. The van der Waals surface area contributed by atoms with Crippen LogP contribution in [0.25, 0.3) is 0 Å². The fraction of sp³-hybridized carbons (Fsp3) is 0.350. The lowest BCUT2D eigenvalue weighted by molar-refractivity contribution is -0.139. The van der Waals surface area contributed by atoms with Gasteiger partial charge in [-0.25, -0.2) is 0 Å². The fourth-order valence-electron chi connectivity index (χ4n) is 3.43. The molecule has 1 unspecified atom stereocenters. The van der Waals surface area contributed by atoms with Gasteiger partial charge < -0.3 is 15.2 Å². The Kier molecular flexibility index (Phi) is 4.97. The van der Waals surface area contributed by atoms with E-state index in [4.69, 9.17) is 4.74 Å². The Hall–Kier alpha value is -2.17. The largest absolute Gasteiger partial charge is 0.480 e. The van der Waals surface area contributed by atoms with Crippen LogP contribution in [-0.2, 0) is 15.1 Å². The predicted octanol–water partition coefficient (Wildman–Crippen LogP) is 3.13. The van der Waals surface area contributed by atoms with Crippen LogP contribution in [0.15, 0.2) is 61.2 Å². The highest BCUT2D eigenvalue weighted by atomic mass is 16.5. The van der Waals surface area contributed by atoms with Crippen molar-refractivity contribution in [3.63, 3.8) is 0 Å². The van der Waals surface area contributed by atoms with Gasteiger partial charge in [0.15, 0.2) is 0 Å². The van der Waals surface area contributed by atoms with E-state index in [0.717, 1.165) is 12.0 Å². The van der Waals surface area contributed by atoms with Gasteiger partial charge in [-0.3, -0.25) is 4.79 Å². The maximum atomic E-state index is 11.3. The summed E-state index contributed by atoms with van der Waals surface area (Å²) < 4.78 is 6.02. The third kappa shape index (κ3) is 3.35. The normalized spacial score (nSPS) is 28.8. The minimum Gasteiger partial charge on any atom is -0.480 e. The average molecular weight is 325 g/mol. The summed E-state index contributed by atoms with van der Waals surface area (Å²) in [4.78, 5) is 11.3. The number of ether oxygens (including phenoxy) is 1. The monoisotopic (exact) mass is 325 g/mol. The first-order valence-electron chi connectivity index (χ1n) is 8.29. The maximum Gasteiger partial charge on any atom is 0.320 e. The van der Waals surface area contributed by atoms with Gasteiger partial charge in [-0.1, -0.05) is 54.6 Å². The fourth-order valence-corrected chi connectivity index (χ4v) is 3.43. The maximum absolute atomic E-state index is 11.3. The third-order valence-corrected chi connectivity index (χ3v) is 4.79. The van der Waals surface area contributed by atoms with Gasteiger partial charge in [0.1, 0.15) is 11.6 Å². The van der Waals surface area contributed by atoms with Crippen LogP contribution in [0.4, 0.5) is 0 Å². The smallest absolute Gasteiger partial charge is 0.320 e. The number of carboxylic acid groups (broad SMARTS) is 1. The van der Waals surface area contributed by atoms with E-state index in [1.165, 1.54) is 5.56 Å². The van der Waals surface area contributed by atoms with E-state index in [9.17, 15) is 9.90 Å². The van der Waals surface area contributed by atoms with Crippen LogP contribution in [0.1, 0.15) is 29.9 Å². The minimum absolute atomic E-state index is 0.395. The molecule has 3 rings (SSSR count). The Morgan fingerprint density at radius 3 is 2.75 bits per heavy atom. The summed E-state index contributed by atoms with van der Waals surface area (Å²) in [5.74, 6) is -0.433. The molecule has 1 fully saturated rings. The first-order valence-corrected chi connectivity index (χ1v) is 8.29. The number of carboxylic acids is 1. The van der Waals surface area contributed by atoms with Crippen LogP contribution in [0.2, 0.25) is 0 Å². The van der Waals surface area contributed by atoms with Crippen molar-refractivity contribution in [2.45, 2.75) is 30.4 Å². The lowest BCUT2D eigenvalue weighted by atomic mass is 9.87. The molecule has 3 atom stereocenters. The van der Waals surface area contributed by atoms with Crippen molar-refractivity contribution in [1.82, 2.24) is 5.32 Å². The van der Waals surface area contributed by atoms with Crippen LogP contribution in [-0.4, -0.2) is 30.3 Å². The van der Waals surface area contributed by atoms with Gasteiger partial charge in [0, 0.05) is 18.9 Å². The van der Waals surface area contributed by atoms with E-state index >= 15 is 0 Å². The summed E-state index contributed by atoms with van der Waals surface area (Å²) in [6.07, 6.45) is 11.7. The SMILES string of the molecule is C=CCO[C@]1(c2ccc(C3C=CC=CC3)cc2)CN[C@H](C(=O)O)C1. The van der Waals surface area contributed by atoms with Crippen LogP contribution >= 0.6 is 0 Å². The number of nitrogens with one attached hydrogen (secondary N) is 1. The topological polar surface area (TPSA) is 58.6 Å². The molecular formula is C20H23NO3. The summed E-state index contributed by atoms with van der Waals surface area (Å²) in [5.41, 5.74) is 1.66. The van der Waals surface area contributed by atoms with Crippen molar-refractivity contribution < 1.29 is 14.6 Å². The first kappa shape index (κ1) is 16.7. The number of aliphatic carboxylic acids is 1. The van der Waals surface area contributed by atoms with Gasteiger partial charge in [-0.05, 0) is 17.5 Å². The number of benzene rings is 1. The number of allylic oxidation sites excluding steroid dienone is 4. The Labute approximate surface area is 142 Å². The first-order chi connectivity index (χ1) is 11.6. The second-order valence-corrected chi connectivity index (χ2v) is 6.35. The molecule has 126 valence electrons. The molecule has 2 N–H and O–H groups in total. The molecule has 1 aliphatic heterocycles. The van der Waals surface area contributed by atoms with Crippen molar-refractivity contribution >= 4 is 5.97 Å². The van der Waals surface area contributed by atoms with Crippen LogP contribution in [0.5, 0.6) is 0 Å². The number of carbonyl (C=O) groups is 1. The van der Waals surface area contributed by atoms with E-state index in [2.05, 4.69) is 60.5 Å². The average Bonchev–Trinajstić information content (AvgIpc) is 3.07. The van der Waals surface area contributed by atoms with Crippen molar-refractivity contribution in [1.29, 1.82) is 0 Å². The zero-order valence-corrected chi connectivity index (χ0v) is 13.7. The molecule has 1 aliphatic carbocycles. The van der Waals surface area contributed by atoms with E-state index in [1.54, 1.807) is 6.08 Å². The molecule has 1 saturated heterocycles. The number of hydrogen-bond donors (Lipinski definition) is 2. The molecule has 1 aromatic rings. The van der Waals surface area contributed by atoms with E-state index < -0.39 is 17.6 Å². The Morgan fingerprint density at radius 2 is 2.17 bits per heavy atom. The van der Waals surface area contributed by atoms with Crippen molar-refractivity contribution in [2.75, 3.05) is 13.2 Å². The zero-order valence-electron chi connectivity index (χ0n) is 13.7. The van der Waals surface area contributed by atoms with Gasteiger partial charge in [0.25, 0.3) is 0 Å². The van der Waals surface area contributed by atoms with E-state index in [-0.39, 0.29) is 0 Å². The lowest BCUT2D eigenvalue weighted by Crippen LogP contribution is -2.32. The van der Waals surface area contributed by atoms with Crippen LogP contribution < -0.4 is 5.32 Å². The van der Waals surface area contributed by atoms with Crippen molar-refractivity contribution in [3.8, 4) is 0 Å². The van der Waals surface area contributed by atoms with Crippen LogP contribution in [0, 0.1) is 0 Å². The number of rotatable bonds is 6. The van der Waals surface area contributed by atoms with Gasteiger partial charge in [-0.2, -0.15) is 0 Å². The molecule has 0 saturated carbocycles. The molecule has 1 aromatic carbocycles. The van der Waals surface area contributed by atoms with E-state index in [1.807, 2.05) is 0 Å². The van der Waals surface area contributed by atoms with Gasteiger partial charge >= 0.3 is 5.97 Å². The molecule has 0 spiro atoms. The summed E-state index contributed by atoms with van der Waals surface area (Å²) in [7, 11) is 0. The third-order valence-electron chi connectivity index (χ3n) is 4.79. The zero-order chi connectivity index (χ0) is 17.0. The van der Waals surface area contributed by atoms with Crippen LogP contribution in [0.3, 0.4) is 0 Å². The lowest BCUT2D eigenvalue weighted by Gasteiger charge is -2.29. The molecule has 4 nitrogen and oxygen atoms in total. The molecule has 0 amide bonds.